The quantitative estimate of drug-likeness (QED) is 0.856. The van der Waals surface area contributed by atoms with Crippen molar-refractivity contribution in [3.63, 3.8) is 0 Å². The van der Waals surface area contributed by atoms with E-state index in [2.05, 4.69) is 28.4 Å². The maximum atomic E-state index is 9.07. The summed E-state index contributed by atoms with van der Waals surface area (Å²) in [4.78, 5) is 4.33. The van der Waals surface area contributed by atoms with Crippen molar-refractivity contribution in [1.82, 2.24) is 14.8 Å². The Hall–Kier alpha value is -1.92. The zero-order valence-electron chi connectivity index (χ0n) is 13.5. The molecule has 1 aliphatic heterocycles. The fraction of sp³-hybridized carbons (Fsp3) is 0.529. The molecule has 0 bridgehead atoms. The number of aromatic nitrogens is 3. The van der Waals surface area contributed by atoms with E-state index in [1.807, 2.05) is 23.0 Å². The van der Waals surface area contributed by atoms with Gasteiger partial charge >= 0.3 is 0 Å². The number of hydrogen-bond donors (Lipinski definition) is 2. The van der Waals surface area contributed by atoms with Crippen molar-refractivity contribution < 1.29 is 9.84 Å². The van der Waals surface area contributed by atoms with Crippen molar-refractivity contribution in [1.29, 1.82) is 0 Å². The van der Waals surface area contributed by atoms with Crippen LogP contribution in [0.25, 0.3) is 0 Å². The second-order valence-corrected chi connectivity index (χ2v) is 5.86. The molecule has 3 heterocycles. The molecule has 2 atom stereocenters. The van der Waals surface area contributed by atoms with E-state index in [1.165, 1.54) is 0 Å². The topological polar surface area (TPSA) is 72.2 Å². The van der Waals surface area contributed by atoms with Crippen LogP contribution in [-0.4, -0.2) is 33.0 Å². The van der Waals surface area contributed by atoms with Crippen molar-refractivity contribution in [3.05, 3.63) is 41.9 Å². The molecule has 0 unspecified atom stereocenters. The first kappa shape index (κ1) is 16.0. The minimum absolute atomic E-state index is 0.0207. The Morgan fingerprint density at radius 1 is 1.39 bits per heavy atom. The summed E-state index contributed by atoms with van der Waals surface area (Å²) in [6.45, 7) is 4.59. The SMILES string of the molecule is CCn1nccc1[C@@H]1OCCC[C@H]1CNc1ccc(CO)cn1. The van der Waals surface area contributed by atoms with Crippen LogP contribution in [-0.2, 0) is 17.9 Å². The van der Waals surface area contributed by atoms with Crippen molar-refractivity contribution in [3.8, 4) is 0 Å². The Morgan fingerprint density at radius 3 is 3.04 bits per heavy atom. The van der Waals surface area contributed by atoms with Crippen LogP contribution in [0.5, 0.6) is 0 Å². The van der Waals surface area contributed by atoms with Crippen molar-refractivity contribution in [2.45, 2.75) is 39.0 Å². The highest BCUT2D eigenvalue weighted by molar-refractivity contribution is 5.35. The second kappa shape index (κ2) is 7.57. The summed E-state index contributed by atoms with van der Waals surface area (Å²) >= 11 is 0. The smallest absolute Gasteiger partial charge is 0.125 e. The molecule has 124 valence electrons. The molecule has 23 heavy (non-hydrogen) atoms. The highest BCUT2D eigenvalue weighted by Crippen LogP contribution is 2.33. The number of nitrogens with one attached hydrogen (secondary N) is 1. The van der Waals surface area contributed by atoms with Gasteiger partial charge in [-0.25, -0.2) is 4.98 Å². The number of aliphatic hydroxyl groups is 1. The van der Waals surface area contributed by atoms with Crippen molar-refractivity contribution >= 4 is 5.82 Å². The standard InChI is InChI=1S/C17H24N4O2/c1-2-21-15(7-8-20-21)17-14(4-3-9-23-17)11-19-16-6-5-13(12-22)10-18-16/h5-8,10,14,17,22H,2-4,9,11-12H2,1H3,(H,18,19)/t14-,17+/m0/s1. The van der Waals surface area contributed by atoms with Gasteiger partial charge in [-0.05, 0) is 37.5 Å². The third kappa shape index (κ3) is 3.71. The first-order valence-electron chi connectivity index (χ1n) is 8.24. The molecule has 1 fully saturated rings. The van der Waals surface area contributed by atoms with Gasteiger partial charge in [0.25, 0.3) is 0 Å². The fourth-order valence-electron chi connectivity index (χ4n) is 3.09. The molecule has 0 saturated carbocycles. The summed E-state index contributed by atoms with van der Waals surface area (Å²) in [5.41, 5.74) is 1.98. The predicted molar refractivity (Wildman–Crippen MR) is 88.0 cm³/mol. The van der Waals surface area contributed by atoms with Crippen LogP contribution in [0.2, 0.25) is 0 Å². The summed E-state index contributed by atoms with van der Waals surface area (Å²) in [6.07, 6.45) is 5.83. The van der Waals surface area contributed by atoms with Gasteiger partial charge in [0.2, 0.25) is 0 Å². The number of aliphatic hydroxyl groups excluding tert-OH is 1. The molecule has 6 nitrogen and oxygen atoms in total. The van der Waals surface area contributed by atoms with Crippen LogP contribution in [0.15, 0.2) is 30.6 Å². The Labute approximate surface area is 136 Å². The van der Waals surface area contributed by atoms with Crippen LogP contribution in [0.1, 0.15) is 37.1 Å². The Balaban J connectivity index is 1.66. The van der Waals surface area contributed by atoms with Crippen molar-refractivity contribution in [2.24, 2.45) is 5.92 Å². The molecule has 0 radical (unpaired) electrons. The van der Waals surface area contributed by atoms with Gasteiger partial charge in [-0.1, -0.05) is 6.07 Å². The summed E-state index contributed by atoms with van der Waals surface area (Å²) in [6, 6.07) is 5.84. The van der Waals surface area contributed by atoms with E-state index in [9.17, 15) is 0 Å². The lowest BCUT2D eigenvalue weighted by atomic mass is 9.92. The van der Waals surface area contributed by atoms with Gasteiger partial charge in [-0.15, -0.1) is 0 Å². The van der Waals surface area contributed by atoms with Crippen LogP contribution < -0.4 is 5.32 Å². The Bertz CT molecular complexity index is 611. The molecule has 0 spiro atoms. The summed E-state index contributed by atoms with van der Waals surface area (Å²) in [5, 5.41) is 16.8. The average molecular weight is 316 g/mol. The third-order valence-electron chi connectivity index (χ3n) is 4.34. The lowest BCUT2D eigenvalue weighted by Gasteiger charge is -2.32. The van der Waals surface area contributed by atoms with Crippen LogP contribution in [0.4, 0.5) is 5.82 Å². The molecule has 3 rings (SSSR count). The van der Waals surface area contributed by atoms with E-state index >= 15 is 0 Å². The molecule has 1 saturated heterocycles. The summed E-state index contributed by atoms with van der Waals surface area (Å²) < 4.78 is 8.06. The number of nitrogens with zero attached hydrogens (tertiary/aromatic N) is 3. The Morgan fingerprint density at radius 2 is 2.30 bits per heavy atom. The first-order chi connectivity index (χ1) is 11.3. The molecule has 6 heteroatoms. The van der Waals surface area contributed by atoms with Gasteiger partial charge in [0.15, 0.2) is 0 Å². The zero-order chi connectivity index (χ0) is 16.1. The number of rotatable bonds is 6. The number of hydrogen-bond acceptors (Lipinski definition) is 5. The maximum Gasteiger partial charge on any atom is 0.125 e. The molecule has 0 aliphatic carbocycles. The van der Waals surface area contributed by atoms with Gasteiger partial charge in [-0.3, -0.25) is 4.68 Å². The number of pyridine rings is 1. The van der Waals surface area contributed by atoms with E-state index < -0.39 is 0 Å². The number of aryl methyl sites for hydroxylation is 1. The second-order valence-electron chi connectivity index (χ2n) is 5.86. The highest BCUT2D eigenvalue weighted by Gasteiger charge is 2.29. The van der Waals surface area contributed by atoms with E-state index in [4.69, 9.17) is 9.84 Å². The highest BCUT2D eigenvalue weighted by atomic mass is 16.5. The van der Waals surface area contributed by atoms with Crippen molar-refractivity contribution in [2.75, 3.05) is 18.5 Å². The molecule has 2 N–H and O–H groups in total. The van der Waals surface area contributed by atoms with Gasteiger partial charge in [0, 0.05) is 38.0 Å². The van der Waals surface area contributed by atoms with Gasteiger partial charge in [0.1, 0.15) is 11.9 Å². The lowest BCUT2D eigenvalue weighted by Crippen LogP contribution is -2.30. The van der Waals surface area contributed by atoms with E-state index in [-0.39, 0.29) is 12.7 Å². The van der Waals surface area contributed by atoms with Crippen LogP contribution in [0, 0.1) is 5.92 Å². The van der Waals surface area contributed by atoms with Crippen LogP contribution >= 0.6 is 0 Å². The summed E-state index contributed by atoms with van der Waals surface area (Å²) in [5.74, 6) is 1.22. The normalized spacial score (nSPS) is 21.3. The predicted octanol–water partition coefficient (Wildman–Crippen LogP) is 2.37. The minimum atomic E-state index is 0.0207. The largest absolute Gasteiger partial charge is 0.392 e. The molecule has 0 amide bonds. The van der Waals surface area contributed by atoms with Crippen LogP contribution in [0.3, 0.4) is 0 Å². The lowest BCUT2D eigenvalue weighted by molar-refractivity contribution is -0.0288. The third-order valence-corrected chi connectivity index (χ3v) is 4.34. The number of anilines is 1. The van der Waals surface area contributed by atoms with Gasteiger partial charge < -0.3 is 15.2 Å². The van der Waals surface area contributed by atoms with Gasteiger partial charge in [-0.2, -0.15) is 5.10 Å². The van der Waals surface area contributed by atoms with E-state index in [0.29, 0.717) is 5.92 Å². The van der Waals surface area contributed by atoms with E-state index in [0.717, 1.165) is 49.6 Å². The average Bonchev–Trinajstić information content (AvgIpc) is 3.09. The minimum Gasteiger partial charge on any atom is -0.392 e. The van der Waals surface area contributed by atoms with E-state index in [1.54, 1.807) is 6.20 Å². The molecular formula is C17H24N4O2. The fourth-order valence-corrected chi connectivity index (χ4v) is 3.09. The zero-order valence-corrected chi connectivity index (χ0v) is 13.5. The first-order valence-corrected chi connectivity index (χ1v) is 8.24. The molecule has 2 aromatic rings. The Kier molecular flexibility index (Phi) is 5.25. The molecule has 2 aromatic heterocycles. The summed E-state index contributed by atoms with van der Waals surface area (Å²) in [7, 11) is 0. The molecule has 0 aromatic carbocycles. The maximum absolute atomic E-state index is 9.07. The molecule has 1 aliphatic rings. The molecular weight excluding hydrogens is 292 g/mol. The monoisotopic (exact) mass is 316 g/mol. The number of ether oxygens (including phenoxy) is 1. The van der Waals surface area contributed by atoms with Gasteiger partial charge in [0.05, 0.1) is 12.3 Å².